The number of alkyl halides is 1. The molecule has 0 amide bonds. The average molecular weight is 315 g/mol. The predicted octanol–water partition coefficient (Wildman–Crippen LogP) is 4.09. The summed E-state index contributed by atoms with van der Waals surface area (Å²) in [5, 5.41) is 0.922. The molecule has 3 heteroatoms. The normalized spacial score (nSPS) is 11.6. The fourth-order valence-corrected chi connectivity index (χ4v) is 1.75. The van der Waals surface area contributed by atoms with Gasteiger partial charge >= 0.3 is 5.97 Å². The minimum absolute atomic E-state index is 0.155. The Labute approximate surface area is 119 Å². The zero-order chi connectivity index (χ0) is 14.0. The minimum Gasteiger partial charge on any atom is -0.449 e. The molecule has 0 radical (unpaired) electrons. The number of ether oxygens (including phenoxy) is 1. The van der Waals surface area contributed by atoms with E-state index in [2.05, 4.69) is 48.2 Å². The van der Waals surface area contributed by atoms with Crippen LogP contribution in [0.4, 0.5) is 0 Å². The minimum atomic E-state index is -0.307. The van der Waals surface area contributed by atoms with E-state index in [0.717, 1.165) is 30.2 Å². The third-order valence-electron chi connectivity index (χ3n) is 2.17. The third kappa shape index (κ3) is 10.4. The maximum absolute atomic E-state index is 11.6. The van der Waals surface area contributed by atoms with Crippen molar-refractivity contribution in [2.24, 2.45) is 5.92 Å². The maximum atomic E-state index is 11.6. The van der Waals surface area contributed by atoms with Crippen LogP contribution < -0.4 is 0 Å². The number of unbranched alkanes of at least 4 members (excludes halogenated alkanes) is 1. The highest BCUT2D eigenvalue weighted by molar-refractivity contribution is 9.09. The van der Waals surface area contributed by atoms with Crippen LogP contribution in [0, 0.1) is 17.8 Å². The number of hydrogen-bond acceptors (Lipinski definition) is 2. The summed E-state index contributed by atoms with van der Waals surface area (Å²) in [6.45, 7) is 9.75. The summed E-state index contributed by atoms with van der Waals surface area (Å²) in [6, 6.07) is 0. The molecule has 102 valence electrons. The lowest BCUT2D eigenvalue weighted by Crippen LogP contribution is -2.18. The van der Waals surface area contributed by atoms with Crippen molar-refractivity contribution in [1.29, 1.82) is 0 Å². The van der Waals surface area contributed by atoms with Gasteiger partial charge in [0.2, 0.25) is 0 Å². The average Bonchev–Trinajstić information content (AvgIpc) is 2.25. The van der Waals surface area contributed by atoms with E-state index in [-0.39, 0.29) is 12.1 Å². The fraction of sp³-hybridized carbons (Fsp3) is 0.667. The Hall–Kier alpha value is -0.750. The lowest BCUT2D eigenvalue weighted by molar-refractivity contribution is -0.147. The van der Waals surface area contributed by atoms with Crippen LogP contribution in [0.5, 0.6) is 0 Å². The zero-order valence-corrected chi connectivity index (χ0v) is 13.2. The lowest BCUT2D eigenvalue weighted by Gasteiger charge is -2.14. The molecular formula is C15H23BrO2. The van der Waals surface area contributed by atoms with Crippen molar-refractivity contribution in [2.45, 2.75) is 52.6 Å². The van der Waals surface area contributed by atoms with Crippen molar-refractivity contribution in [3.05, 3.63) is 12.2 Å². The van der Waals surface area contributed by atoms with Crippen LogP contribution in [0.3, 0.4) is 0 Å². The molecule has 0 spiro atoms. The van der Waals surface area contributed by atoms with Crippen LogP contribution in [-0.2, 0) is 9.53 Å². The molecule has 0 aliphatic carbocycles. The summed E-state index contributed by atoms with van der Waals surface area (Å²) in [5.41, 5.74) is 0.791. The van der Waals surface area contributed by atoms with Gasteiger partial charge in [0.1, 0.15) is 0 Å². The van der Waals surface area contributed by atoms with E-state index in [9.17, 15) is 4.79 Å². The zero-order valence-electron chi connectivity index (χ0n) is 11.6. The maximum Gasteiger partial charge on any atom is 0.307 e. The van der Waals surface area contributed by atoms with E-state index in [0.29, 0.717) is 12.3 Å². The number of allylic oxidation sites excluding steroid dienone is 1. The molecule has 0 aromatic rings. The van der Waals surface area contributed by atoms with E-state index in [4.69, 9.17) is 4.74 Å². The molecule has 0 aliphatic rings. The summed E-state index contributed by atoms with van der Waals surface area (Å²) >= 11 is 3.34. The van der Waals surface area contributed by atoms with E-state index in [1.807, 2.05) is 6.92 Å². The highest BCUT2D eigenvalue weighted by Crippen LogP contribution is 2.10. The molecule has 2 nitrogen and oxygen atoms in total. The van der Waals surface area contributed by atoms with Gasteiger partial charge in [0.15, 0.2) is 6.10 Å². The van der Waals surface area contributed by atoms with Crippen LogP contribution >= 0.6 is 15.9 Å². The van der Waals surface area contributed by atoms with E-state index >= 15 is 0 Å². The van der Waals surface area contributed by atoms with Crippen molar-refractivity contribution in [2.75, 3.05) is 5.33 Å². The summed E-state index contributed by atoms with van der Waals surface area (Å²) < 4.78 is 5.39. The molecule has 0 aromatic carbocycles. The first-order valence-corrected chi connectivity index (χ1v) is 7.50. The number of carbonyl (C=O) groups is 1. The van der Waals surface area contributed by atoms with Crippen LogP contribution in [0.15, 0.2) is 12.2 Å². The summed E-state index contributed by atoms with van der Waals surface area (Å²) in [6.07, 6.45) is 2.77. The van der Waals surface area contributed by atoms with Crippen LogP contribution in [-0.4, -0.2) is 17.4 Å². The first-order chi connectivity index (χ1) is 8.45. The van der Waals surface area contributed by atoms with Crippen molar-refractivity contribution < 1.29 is 9.53 Å². The van der Waals surface area contributed by atoms with Crippen LogP contribution in [0.25, 0.3) is 0 Å². The Kier molecular flexibility index (Phi) is 9.77. The SMILES string of the molecule is C=C(C)C#CC(CC(C)C)OC(=O)CCCCBr. The smallest absolute Gasteiger partial charge is 0.307 e. The molecule has 0 aromatic heterocycles. The van der Waals surface area contributed by atoms with Gasteiger partial charge < -0.3 is 4.74 Å². The van der Waals surface area contributed by atoms with Gasteiger partial charge in [-0.1, -0.05) is 48.2 Å². The Balaban J connectivity index is 4.28. The second-order valence-corrected chi connectivity index (χ2v) is 5.60. The summed E-state index contributed by atoms with van der Waals surface area (Å²) in [4.78, 5) is 11.6. The van der Waals surface area contributed by atoms with Gasteiger partial charge in [-0.25, -0.2) is 0 Å². The number of carbonyl (C=O) groups excluding carboxylic acids is 1. The Morgan fingerprint density at radius 3 is 2.56 bits per heavy atom. The second-order valence-electron chi connectivity index (χ2n) is 4.80. The predicted molar refractivity (Wildman–Crippen MR) is 79.6 cm³/mol. The van der Waals surface area contributed by atoms with Crippen molar-refractivity contribution >= 4 is 21.9 Å². The number of esters is 1. The Bertz CT molecular complexity index is 323. The van der Waals surface area contributed by atoms with Crippen LogP contribution in [0.1, 0.15) is 46.5 Å². The van der Waals surface area contributed by atoms with Gasteiger partial charge in [0, 0.05) is 11.8 Å². The van der Waals surface area contributed by atoms with Crippen molar-refractivity contribution in [1.82, 2.24) is 0 Å². The second kappa shape index (κ2) is 10.2. The molecule has 1 atom stereocenters. The van der Waals surface area contributed by atoms with E-state index < -0.39 is 0 Å². The van der Waals surface area contributed by atoms with Gasteiger partial charge in [-0.05, 0) is 37.7 Å². The summed E-state index contributed by atoms with van der Waals surface area (Å²) in [5.74, 6) is 6.16. The first-order valence-electron chi connectivity index (χ1n) is 6.38. The fourth-order valence-electron chi connectivity index (χ4n) is 1.35. The van der Waals surface area contributed by atoms with Gasteiger partial charge in [0.25, 0.3) is 0 Å². The molecule has 0 N–H and O–H groups in total. The largest absolute Gasteiger partial charge is 0.449 e. The lowest BCUT2D eigenvalue weighted by atomic mass is 10.1. The molecule has 0 saturated heterocycles. The molecule has 1 unspecified atom stereocenters. The molecule has 0 bridgehead atoms. The van der Waals surface area contributed by atoms with E-state index in [1.54, 1.807) is 0 Å². The first kappa shape index (κ1) is 17.2. The highest BCUT2D eigenvalue weighted by Gasteiger charge is 2.13. The number of rotatable bonds is 7. The van der Waals surface area contributed by atoms with E-state index in [1.165, 1.54) is 0 Å². The number of hydrogen-bond donors (Lipinski definition) is 0. The molecule has 0 saturated carbocycles. The molecule has 0 rings (SSSR count). The Morgan fingerprint density at radius 1 is 1.39 bits per heavy atom. The standard InChI is InChI=1S/C15H23BrO2/c1-12(2)8-9-14(11-13(3)4)18-15(17)7-5-6-10-16/h13-14H,1,5-7,10-11H2,2-4H3. The topological polar surface area (TPSA) is 26.3 Å². The quantitative estimate of drug-likeness (QED) is 0.306. The molecular weight excluding hydrogens is 292 g/mol. The highest BCUT2D eigenvalue weighted by atomic mass is 79.9. The van der Waals surface area contributed by atoms with Gasteiger partial charge in [-0.15, -0.1) is 0 Å². The molecule has 18 heavy (non-hydrogen) atoms. The van der Waals surface area contributed by atoms with Crippen molar-refractivity contribution in [3.63, 3.8) is 0 Å². The summed E-state index contributed by atoms with van der Waals surface area (Å²) in [7, 11) is 0. The van der Waals surface area contributed by atoms with Gasteiger partial charge in [-0.2, -0.15) is 0 Å². The number of halogens is 1. The van der Waals surface area contributed by atoms with Gasteiger partial charge in [0.05, 0.1) is 0 Å². The Morgan fingerprint density at radius 2 is 2.06 bits per heavy atom. The van der Waals surface area contributed by atoms with Crippen molar-refractivity contribution in [3.8, 4) is 11.8 Å². The van der Waals surface area contributed by atoms with Gasteiger partial charge in [-0.3, -0.25) is 4.79 Å². The molecule has 0 aliphatic heterocycles. The third-order valence-corrected chi connectivity index (χ3v) is 2.73. The molecule has 0 heterocycles. The monoisotopic (exact) mass is 314 g/mol. The van der Waals surface area contributed by atoms with Crippen LogP contribution in [0.2, 0.25) is 0 Å². The molecule has 0 fully saturated rings.